The fourth-order valence-corrected chi connectivity index (χ4v) is 3.19. The molecule has 0 aliphatic carbocycles. The van der Waals surface area contributed by atoms with Crippen LogP contribution in [0.4, 0.5) is 5.69 Å². The number of carbonyl (C=O) groups excluding carboxylic acids is 2. The Morgan fingerprint density at radius 3 is 2.42 bits per heavy atom. The average molecular weight is 373 g/mol. The van der Waals surface area contributed by atoms with Crippen LogP contribution in [0.25, 0.3) is 0 Å². The number of aryl methyl sites for hydroxylation is 1. The summed E-state index contributed by atoms with van der Waals surface area (Å²) in [6.45, 7) is 8.50. The van der Waals surface area contributed by atoms with Crippen molar-refractivity contribution in [2.24, 2.45) is 0 Å². The molecule has 0 aliphatic heterocycles. The summed E-state index contributed by atoms with van der Waals surface area (Å²) in [5.74, 6) is 0.00521. The molecule has 0 bridgehead atoms. The van der Waals surface area contributed by atoms with Gasteiger partial charge < -0.3 is 10.2 Å². The van der Waals surface area contributed by atoms with Crippen molar-refractivity contribution in [3.63, 3.8) is 0 Å². The highest BCUT2D eigenvalue weighted by Crippen LogP contribution is 2.30. The standard InChI is InChI=1S/C21H25ClN2O2/c1-14(2)17-10-7-8-15(3)20(17)24(16(4)25)13-12-23-21(26)18-9-5-6-11-19(18)22/h5-11,14H,12-13H2,1-4H3,(H,23,26). The van der Waals surface area contributed by atoms with Crippen molar-refractivity contribution in [2.75, 3.05) is 18.0 Å². The van der Waals surface area contributed by atoms with Crippen LogP contribution in [0.2, 0.25) is 5.02 Å². The molecule has 0 aliphatic rings. The van der Waals surface area contributed by atoms with Gasteiger partial charge in [-0.2, -0.15) is 0 Å². The zero-order valence-electron chi connectivity index (χ0n) is 15.7. The first-order chi connectivity index (χ1) is 12.3. The second kappa shape index (κ2) is 8.86. The quantitative estimate of drug-likeness (QED) is 0.808. The molecule has 0 saturated carbocycles. The Labute approximate surface area is 160 Å². The van der Waals surface area contributed by atoms with Crippen molar-refractivity contribution in [1.29, 1.82) is 0 Å². The van der Waals surface area contributed by atoms with Crippen LogP contribution in [0, 0.1) is 6.92 Å². The lowest BCUT2D eigenvalue weighted by atomic mass is 9.97. The minimum absolute atomic E-state index is 0.0480. The summed E-state index contributed by atoms with van der Waals surface area (Å²) >= 11 is 6.06. The maximum atomic E-state index is 12.3. The molecule has 2 amide bonds. The largest absolute Gasteiger partial charge is 0.350 e. The molecule has 4 nitrogen and oxygen atoms in total. The fourth-order valence-electron chi connectivity index (χ4n) is 2.96. The summed E-state index contributed by atoms with van der Waals surface area (Å²) in [5.41, 5.74) is 3.53. The second-order valence-electron chi connectivity index (χ2n) is 6.57. The number of anilines is 1. The molecule has 0 heterocycles. The lowest BCUT2D eigenvalue weighted by molar-refractivity contribution is -0.116. The zero-order chi connectivity index (χ0) is 19.3. The van der Waals surface area contributed by atoms with Gasteiger partial charge in [0.15, 0.2) is 0 Å². The van der Waals surface area contributed by atoms with Crippen molar-refractivity contribution < 1.29 is 9.59 Å². The third kappa shape index (κ3) is 4.64. The first kappa shape index (κ1) is 20.0. The number of nitrogens with zero attached hydrogens (tertiary/aromatic N) is 1. The summed E-state index contributed by atoms with van der Waals surface area (Å²) in [6, 6.07) is 13.0. The third-order valence-electron chi connectivity index (χ3n) is 4.28. The van der Waals surface area contributed by atoms with Gasteiger partial charge in [0, 0.05) is 20.0 Å². The van der Waals surface area contributed by atoms with Gasteiger partial charge in [0.1, 0.15) is 0 Å². The lowest BCUT2D eigenvalue weighted by Gasteiger charge is -2.27. The number of para-hydroxylation sites is 1. The number of hydrogen-bond acceptors (Lipinski definition) is 2. The van der Waals surface area contributed by atoms with E-state index in [4.69, 9.17) is 11.6 Å². The highest BCUT2D eigenvalue weighted by Gasteiger charge is 2.19. The van der Waals surface area contributed by atoms with E-state index >= 15 is 0 Å². The van der Waals surface area contributed by atoms with Crippen LogP contribution in [0.15, 0.2) is 42.5 Å². The molecule has 0 fully saturated rings. The molecule has 0 radical (unpaired) electrons. The second-order valence-corrected chi connectivity index (χ2v) is 6.98. The number of nitrogens with one attached hydrogen (secondary N) is 1. The number of benzene rings is 2. The molecule has 26 heavy (non-hydrogen) atoms. The van der Waals surface area contributed by atoms with Crippen LogP contribution >= 0.6 is 11.6 Å². The van der Waals surface area contributed by atoms with Crippen LogP contribution in [0.5, 0.6) is 0 Å². The first-order valence-corrected chi connectivity index (χ1v) is 9.11. The van der Waals surface area contributed by atoms with Gasteiger partial charge in [-0.25, -0.2) is 0 Å². The number of rotatable bonds is 6. The fraction of sp³-hybridized carbons (Fsp3) is 0.333. The van der Waals surface area contributed by atoms with E-state index in [0.717, 1.165) is 16.8 Å². The molecule has 138 valence electrons. The van der Waals surface area contributed by atoms with E-state index in [1.54, 1.807) is 36.1 Å². The molecular weight excluding hydrogens is 348 g/mol. The molecule has 2 aromatic rings. The van der Waals surface area contributed by atoms with Crippen LogP contribution in [0.3, 0.4) is 0 Å². The van der Waals surface area contributed by atoms with Gasteiger partial charge in [-0.15, -0.1) is 0 Å². The average Bonchev–Trinajstić information content (AvgIpc) is 2.59. The maximum absolute atomic E-state index is 12.3. The van der Waals surface area contributed by atoms with E-state index in [1.165, 1.54) is 0 Å². The summed E-state index contributed by atoms with van der Waals surface area (Å²) in [5, 5.41) is 3.26. The van der Waals surface area contributed by atoms with Crippen molar-refractivity contribution in [3.05, 3.63) is 64.2 Å². The highest BCUT2D eigenvalue weighted by atomic mass is 35.5. The van der Waals surface area contributed by atoms with E-state index in [9.17, 15) is 9.59 Å². The zero-order valence-corrected chi connectivity index (χ0v) is 16.4. The van der Waals surface area contributed by atoms with Gasteiger partial charge in [-0.3, -0.25) is 9.59 Å². The summed E-state index contributed by atoms with van der Waals surface area (Å²) in [4.78, 5) is 26.3. The smallest absolute Gasteiger partial charge is 0.252 e. The van der Waals surface area contributed by atoms with E-state index < -0.39 is 0 Å². The number of amides is 2. The molecular formula is C21H25ClN2O2. The summed E-state index contributed by atoms with van der Waals surface area (Å²) in [6.07, 6.45) is 0. The molecule has 2 aromatic carbocycles. The van der Waals surface area contributed by atoms with Gasteiger partial charge in [-0.1, -0.05) is 55.8 Å². The third-order valence-corrected chi connectivity index (χ3v) is 4.61. The molecule has 1 N–H and O–H groups in total. The summed E-state index contributed by atoms with van der Waals surface area (Å²) in [7, 11) is 0. The Hall–Kier alpha value is -2.33. The predicted octanol–water partition coefficient (Wildman–Crippen LogP) is 4.55. The van der Waals surface area contributed by atoms with Gasteiger partial charge in [-0.05, 0) is 36.1 Å². The molecule has 0 unspecified atom stereocenters. The topological polar surface area (TPSA) is 49.4 Å². The Kier molecular flexibility index (Phi) is 6.81. The maximum Gasteiger partial charge on any atom is 0.252 e. The Bertz CT molecular complexity index is 802. The first-order valence-electron chi connectivity index (χ1n) is 8.73. The van der Waals surface area contributed by atoms with Gasteiger partial charge in [0.25, 0.3) is 5.91 Å². The van der Waals surface area contributed by atoms with Gasteiger partial charge >= 0.3 is 0 Å². The number of hydrogen-bond donors (Lipinski definition) is 1. The van der Waals surface area contributed by atoms with Crippen LogP contribution in [0.1, 0.15) is 48.2 Å². The van der Waals surface area contributed by atoms with Crippen molar-refractivity contribution in [1.82, 2.24) is 5.32 Å². The van der Waals surface area contributed by atoms with E-state index in [-0.39, 0.29) is 11.8 Å². The SMILES string of the molecule is CC(=O)N(CCNC(=O)c1ccccc1Cl)c1c(C)cccc1C(C)C. The molecule has 0 aromatic heterocycles. The minimum Gasteiger partial charge on any atom is -0.350 e. The van der Waals surface area contributed by atoms with E-state index in [1.807, 2.05) is 25.1 Å². The molecule has 5 heteroatoms. The lowest BCUT2D eigenvalue weighted by Crippen LogP contribution is -2.38. The van der Waals surface area contributed by atoms with Crippen LogP contribution in [-0.2, 0) is 4.79 Å². The van der Waals surface area contributed by atoms with Crippen molar-refractivity contribution in [2.45, 2.75) is 33.6 Å². The molecule has 0 atom stereocenters. The van der Waals surface area contributed by atoms with Crippen LogP contribution in [-0.4, -0.2) is 24.9 Å². The Balaban J connectivity index is 2.15. The normalized spacial score (nSPS) is 10.7. The summed E-state index contributed by atoms with van der Waals surface area (Å²) < 4.78 is 0. The molecule has 2 rings (SSSR count). The van der Waals surface area contributed by atoms with Gasteiger partial charge in [0.05, 0.1) is 16.3 Å². The minimum atomic E-state index is -0.243. The Morgan fingerprint density at radius 1 is 1.12 bits per heavy atom. The molecule has 0 spiro atoms. The van der Waals surface area contributed by atoms with Crippen LogP contribution < -0.4 is 10.2 Å². The molecule has 0 saturated heterocycles. The van der Waals surface area contributed by atoms with E-state index in [0.29, 0.717) is 29.6 Å². The highest BCUT2D eigenvalue weighted by molar-refractivity contribution is 6.33. The van der Waals surface area contributed by atoms with Crippen molar-refractivity contribution in [3.8, 4) is 0 Å². The number of halogens is 1. The Morgan fingerprint density at radius 2 is 1.81 bits per heavy atom. The predicted molar refractivity (Wildman–Crippen MR) is 107 cm³/mol. The monoisotopic (exact) mass is 372 g/mol. The van der Waals surface area contributed by atoms with Crippen molar-refractivity contribution >= 4 is 29.1 Å². The van der Waals surface area contributed by atoms with E-state index in [2.05, 4.69) is 19.2 Å². The number of carbonyl (C=O) groups is 2. The van der Waals surface area contributed by atoms with Gasteiger partial charge in [0.2, 0.25) is 5.91 Å².